The minimum atomic E-state index is 0.470. The van der Waals surface area contributed by atoms with Crippen LogP contribution in [0.1, 0.15) is 18.9 Å². The van der Waals surface area contributed by atoms with Crippen LogP contribution in [0, 0.1) is 5.92 Å². The molecule has 0 bridgehead atoms. The van der Waals surface area contributed by atoms with E-state index in [1.807, 2.05) is 35.6 Å². The van der Waals surface area contributed by atoms with E-state index in [0.29, 0.717) is 23.4 Å². The third-order valence-electron chi connectivity index (χ3n) is 12.2. The highest BCUT2D eigenvalue weighted by atomic mass is 32.1. The van der Waals surface area contributed by atoms with Crippen molar-refractivity contribution in [3.63, 3.8) is 0 Å². The zero-order valence-electron chi connectivity index (χ0n) is 33.3. The van der Waals surface area contributed by atoms with Crippen LogP contribution in [0.2, 0.25) is 0 Å². The van der Waals surface area contributed by atoms with Crippen molar-refractivity contribution in [1.29, 1.82) is 0 Å². The van der Waals surface area contributed by atoms with E-state index in [1.165, 1.54) is 42.3 Å². The molecule has 3 aromatic heterocycles. The summed E-state index contributed by atoms with van der Waals surface area (Å²) >= 11 is 1.90. The van der Waals surface area contributed by atoms with Crippen molar-refractivity contribution in [2.45, 2.75) is 13.3 Å². The van der Waals surface area contributed by atoms with E-state index in [0.717, 1.165) is 67.1 Å². The molecule has 0 spiro atoms. The molecule has 0 aliphatic heterocycles. The van der Waals surface area contributed by atoms with Gasteiger partial charge in [0, 0.05) is 53.2 Å². The van der Waals surface area contributed by atoms with Crippen molar-refractivity contribution in [2.24, 2.45) is 5.92 Å². The molecule has 11 aromatic rings. The maximum atomic E-state index is 6.35. The summed E-state index contributed by atoms with van der Waals surface area (Å²) in [7, 11) is 0. The lowest BCUT2D eigenvalue weighted by Crippen LogP contribution is -2.00. The quantitative estimate of drug-likeness (QED) is 0.168. The molecule has 0 N–H and O–H groups in total. The monoisotopic (exact) mass is 799 g/mol. The van der Waals surface area contributed by atoms with Gasteiger partial charge in [-0.2, -0.15) is 0 Å². The summed E-state index contributed by atoms with van der Waals surface area (Å²) in [6.07, 6.45) is 7.84. The van der Waals surface area contributed by atoms with Crippen LogP contribution < -0.4 is 0 Å². The first-order valence-electron chi connectivity index (χ1n) is 20.8. The Morgan fingerprint density at radius 1 is 0.459 bits per heavy atom. The molecular formula is C56H37N3OS. The molecule has 4 nitrogen and oxygen atoms in total. The van der Waals surface area contributed by atoms with Gasteiger partial charge in [0.2, 0.25) is 0 Å². The van der Waals surface area contributed by atoms with Gasteiger partial charge in [-0.15, -0.1) is 11.3 Å². The molecule has 0 saturated heterocycles. The standard InChI is InChI=1S/C56H37N3OS/c1-34-14-5-7-20-41(34)45-23-12-24-46-47-25-13-26-48(53(47)61-52(45)46)49-32-40(31-37-17-6-8-21-42(37)49)56-58-54(38-19-11-18-36(30-38)35-15-3-2-4-16-35)57-55(59-56)39-28-29-44-43-22-9-10-27-50(43)60-51(44)33-39/h2-13,15-34H,14H2,1H3. The van der Waals surface area contributed by atoms with Gasteiger partial charge in [0.05, 0.1) is 0 Å². The molecule has 288 valence electrons. The zero-order chi connectivity index (χ0) is 40.4. The maximum absolute atomic E-state index is 6.35. The molecule has 12 rings (SSSR count). The van der Waals surface area contributed by atoms with Gasteiger partial charge < -0.3 is 4.42 Å². The number of fused-ring (bicyclic) bond motifs is 7. The minimum Gasteiger partial charge on any atom is -0.456 e. The second kappa shape index (κ2) is 14.4. The number of hydrogen-bond acceptors (Lipinski definition) is 5. The highest BCUT2D eigenvalue weighted by molar-refractivity contribution is 7.26. The second-order valence-electron chi connectivity index (χ2n) is 16.0. The highest BCUT2D eigenvalue weighted by Gasteiger charge is 2.21. The Labute approximate surface area is 356 Å². The third-order valence-corrected chi connectivity index (χ3v) is 13.5. The van der Waals surface area contributed by atoms with E-state index >= 15 is 0 Å². The Balaban J connectivity index is 1.07. The van der Waals surface area contributed by atoms with Gasteiger partial charge in [-0.05, 0) is 87.3 Å². The number of rotatable bonds is 6. The van der Waals surface area contributed by atoms with Gasteiger partial charge in [0.25, 0.3) is 0 Å². The normalized spacial score (nSPS) is 14.1. The van der Waals surface area contributed by atoms with Gasteiger partial charge in [-0.1, -0.05) is 159 Å². The van der Waals surface area contributed by atoms with Crippen LogP contribution in [0.25, 0.3) is 115 Å². The fraction of sp³-hybridized carbons (Fsp3) is 0.0536. The Bertz CT molecular complexity index is 3590. The molecule has 1 atom stereocenters. The van der Waals surface area contributed by atoms with E-state index in [1.54, 1.807) is 0 Å². The number of benzene rings is 8. The largest absolute Gasteiger partial charge is 0.456 e. The van der Waals surface area contributed by atoms with Crippen LogP contribution in [0.4, 0.5) is 0 Å². The summed E-state index contributed by atoms with van der Waals surface area (Å²) in [6, 6.07) is 60.0. The van der Waals surface area contributed by atoms with Crippen molar-refractivity contribution >= 4 is 69.8 Å². The predicted octanol–water partition coefficient (Wildman–Crippen LogP) is 15.6. The van der Waals surface area contributed by atoms with Crippen molar-refractivity contribution in [2.75, 3.05) is 0 Å². The molecule has 61 heavy (non-hydrogen) atoms. The molecule has 0 amide bonds. The van der Waals surface area contributed by atoms with E-state index in [2.05, 4.69) is 171 Å². The number of aromatic nitrogens is 3. The Kier molecular flexibility index (Phi) is 8.36. The van der Waals surface area contributed by atoms with Gasteiger partial charge in [0.1, 0.15) is 11.2 Å². The van der Waals surface area contributed by atoms with Crippen molar-refractivity contribution in [1.82, 2.24) is 15.0 Å². The van der Waals surface area contributed by atoms with Crippen LogP contribution in [0.5, 0.6) is 0 Å². The summed E-state index contributed by atoms with van der Waals surface area (Å²) in [5.74, 6) is 2.27. The zero-order valence-corrected chi connectivity index (χ0v) is 34.2. The second-order valence-corrected chi connectivity index (χ2v) is 17.0. The summed E-state index contributed by atoms with van der Waals surface area (Å²) in [4.78, 5) is 15.7. The number of para-hydroxylation sites is 1. The molecule has 1 aliphatic rings. The lowest BCUT2D eigenvalue weighted by Gasteiger charge is -2.18. The molecule has 0 radical (unpaired) electrons. The molecule has 1 aliphatic carbocycles. The van der Waals surface area contributed by atoms with E-state index in [9.17, 15) is 0 Å². The average Bonchev–Trinajstić information content (AvgIpc) is 3.90. The van der Waals surface area contributed by atoms with Crippen molar-refractivity contribution < 1.29 is 4.42 Å². The van der Waals surface area contributed by atoms with E-state index < -0.39 is 0 Å². The van der Waals surface area contributed by atoms with Crippen LogP contribution in [-0.4, -0.2) is 15.0 Å². The van der Waals surface area contributed by atoms with Crippen LogP contribution >= 0.6 is 11.3 Å². The Morgan fingerprint density at radius 2 is 1.08 bits per heavy atom. The van der Waals surface area contributed by atoms with Gasteiger partial charge in [-0.25, -0.2) is 15.0 Å². The Hall–Kier alpha value is -7.47. The maximum Gasteiger partial charge on any atom is 0.164 e. The van der Waals surface area contributed by atoms with E-state index in [4.69, 9.17) is 19.4 Å². The average molecular weight is 800 g/mol. The predicted molar refractivity (Wildman–Crippen MR) is 256 cm³/mol. The first kappa shape index (κ1) is 35.5. The molecule has 0 fully saturated rings. The van der Waals surface area contributed by atoms with Gasteiger partial charge >= 0.3 is 0 Å². The smallest absolute Gasteiger partial charge is 0.164 e. The minimum absolute atomic E-state index is 0.470. The number of thiophene rings is 1. The lowest BCUT2D eigenvalue weighted by atomic mass is 9.87. The topological polar surface area (TPSA) is 51.8 Å². The fourth-order valence-electron chi connectivity index (χ4n) is 9.12. The Morgan fingerprint density at radius 3 is 1.90 bits per heavy atom. The molecule has 1 unspecified atom stereocenters. The lowest BCUT2D eigenvalue weighted by molar-refractivity contribution is 0.669. The third kappa shape index (κ3) is 6.08. The summed E-state index contributed by atoms with van der Waals surface area (Å²) in [5, 5.41) is 7.04. The number of allylic oxidation sites excluding steroid dienone is 4. The first-order chi connectivity index (χ1) is 30.1. The van der Waals surface area contributed by atoms with Crippen molar-refractivity contribution in [3.05, 3.63) is 194 Å². The van der Waals surface area contributed by atoms with Crippen molar-refractivity contribution in [3.8, 4) is 56.4 Å². The molecule has 3 heterocycles. The molecular weight excluding hydrogens is 763 g/mol. The summed E-state index contributed by atoms with van der Waals surface area (Å²) in [6.45, 7) is 2.33. The molecule has 5 heteroatoms. The summed E-state index contributed by atoms with van der Waals surface area (Å²) < 4.78 is 8.97. The number of nitrogens with zero attached hydrogens (tertiary/aromatic N) is 3. The van der Waals surface area contributed by atoms with Gasteiger partial charge in [0.15, 0.2) is 17.5 Å². The fourth-order valence-corrected chi connectivity index (χ4v) is 10.5. The van der Waals surface area contributed by atoms with E-state index in [-0.39, 0.29) is 0 Å². The first-order valence-corrected chi connectivity index (χ1v) is 21.6. The number of hydrogen-bond donors (Lipinski definition) is 0. The summed E-state index contributed by atoms with van der Waals surface area (Å²) in [5.41, 5.74) is 11.7. The molecule has 8 aromatic carbocycles. The highest BCUT2D eigenvalue weighted by Crippen LogP contribution is 2.46. The van der Waals surface area contributed by atoms with Crippen LogP contribution in [0.3, 0.4) is 0 Å². The van der Waals surface area contributed by atoms with Crippen LogP contribution in [-0.2, 0) is 0 Å². The van der Waals surface area contributed by atoms with Crippen LogP contribution in [0.15, 0.2) is 193 Å². The van der Waals surface area contributed by atoms with Gasteiger partial charge in [-0.3, -0.25) is 0 Å². The number of furan rings is 1. The SMILES string of the molecule is CC1CC=CC=C1c1cccc2c1sc1c(-c3cc(-c4nc(-c5cccc(-c6ccccc6)c5)nc(-c5ccc6c(c5)oc5ccccc56)n4)cc4ccccc34)cccc12. The molecule has 0 saturated carbocycles.